The minimum Gasteiger partial charge on any atom is -0.379 e. The fraction of sp³-hybridized carbons (Fsp3) is 0.562. The molecular formula is C16H26N4O2S. The van der Waals surface area contributed by atoms with E-state index in [4.69, 9.17) is 4.74 Å². The van der Waals surface area contributed by atoms with Crippen LogP contribution in [0.1, 0.15) is 5.56 Å². The van der Waals surface area contributed by atoms with Crippen LogP contribution in [0.2, 0.25) is 0 Å². The van der Waals surface area contributed by atoms with Crippen molar-refractivity contribution in [1.29, 1.82) is 0 Å². The molecule has 0 spiro atoms. The van der Waals surface area contributed by atoms with Gasteiger partial charge in [0.05, 0.1) is 13.2 Å². The molecule has 0 radical (unpaired) electrons. The van der Waals surface area contributed by atoms with E-state index in [-0.39, 0.29) is 0 Å². The highest BCUT2D eigenvalue weighted by Crippen LogP contribution is 2.07. The molecule has 2 rings (SSSR count). The van der Waals surface area contributed by atoms with Gasteiger partial charge in [-0.25, -0.2) is 0 Å². The number of morpholine rings is 1. The van der Waals surface area contributed by atoms with Gasteiger partial charge in [-0.1, -0.05) is 12.1 Å². The molecule has 1 saturated heterocycles. The molecule has 1 fully saturated rings. The molecule has 1 unspecified atom stereocenters. The van der Waals surface area contributed by atoms with E-state index in [9.17, 15) is 4.21 Å². The summed E-state index contributed by atoms with van der Waals surface area (Å²) >= 11 is 0. The van der Waals surface area contributed by atoms with Crippen molar-refractivity contribution in [3.05, 3.63) is 29.8 Å². The fourth-order valence-electron chi connectivity index (χ4n) is 2.36. The molecule has 0 aliphatic carbocycles. The third-order valence-electron chi connectivity index (χ3n) is 3.76. The zero-order chi connectivity index (χ0) is 16.5. The Bertz CT molecular complexity index is 527. The van der Waals surface area contributed by atoms with E-state index in [1.165, 1.54) is 0 Å². The van der Waals surface area contributed by atoms with Gasteiger partial charge in [-0.15, -0.1) is 0 Å². The fourth-order valence-corrected chi connectivity index (χ4v) is 2.88. The SMILES string of the molecule is CN=C(NCCN1CCOCC1)NCc1ccc(S(C)=O)cc1. The molecule has 128 valence electrons. The van der Waals surface area contributed by atoms with Crippen LogP contribution in [0, 0.1) is 0 Å². The van der Waals surface area contributed by atoms with Gasteiger partial charge in [0.1, 0.15) is 0 Å². The van der Waals surface area contributed by atoms with Crippen LogP contribution in [-0.2, 0) is 22.1 Å². The number of hydrogen-bond donors (Lipinski definition) is 2. The maximum Gasteiger partial charge on any atom is 0.191 e. The molecule has 1 aromatic rings. The van der Waals surface area contributed by atoms with E-state index in [2.05, 4.69) is 20.5 Å². The van der Waals surface area contributed by atoms with Crippen LogP contribution in [0.25, 0.3) is 0 Å². The van der Waals surface area contributed by atoms with Gasteiger partial charge in [0.15, 0.2) is 5.96 Å². The van der Waals surface area contributed by atoms with Crippen LogP contribution in [0.5, 0.6) is 0 Å². The van der Waals surface area contributed by atoms with Crippen LogP contribution in [0.4, 0.5) is 0 Å². The summed E-state index contributed by atoms with van der Waals surface area (Å²) < 4.78 is 16.7. The van der Waals surface area contributed by atoms with Crippen molar-refractivity contribution in [2.45, 2.75) is 11.4 Å². The molecule has 0 aromatic heterocycles. The van der Waals surface area contributed by atoms with E-state index in [0.717, 1.165) is 55.8 Å². The lowest BCUT2D eigenvalue weighted by Gasteiger charge is -2.26. The summed E-state index contributed by atoms with van der Waals surface area (Å²) in [4.78, 5) is 7.47. The molecule has 0 bridgehead atoms. The summed E-state index contributed by atoms with van der Waals surface area (Å²) in [5.41, 5.74) is 1.13. The Hall–Kier alpha value is -1.44. The summed E-state index contributed by atoms with van der Waals surface area (Å²) in [7, 11) is 0.843. The molecule has 1 aliphatic heterocycles. The summed E-state index contributed by atoms with van der Waals surface area (Å²) in [6.07, 6.45) is 1.69. The van der Waals surface area contributed by atoms with Crippen molar-refractivity contribution in [2.75, 3.05) is 52.7 Å². The van der Waals surface area contributed by atoms with Gasteiger partial charge in [-0.2, -0.15) is 0 Å². The third-order valence-corrected chi connectivity index (χ3v) is 4.70. The number of hydrogen-bond acceptors (Lipinski definition) is 4. The molecule has 1 aromatic carbocycles. The number of rotatable bonds is 6. The Labute approximate surface area is 140 Å². The monoisotopic (exact) mass is 338 g/mol. The number of guanidine groups is 1. The van der Waals surface area contributed by atoms with E-state index in [1.807, 2.05) is 24.3 Å². The third kappa shape index (κ3) is 6.29. The van der Waals surface area contributed by atoms with Crippen molar-refractivity contribution < 1.29 is 8.95 Å². The summed E-state index contributed by atoms with van der Waals surface area (Å²) in [5, 5.41) is 6.62. The van der Waals surface area contributed by atoms with E-state index >= 15 is 0 Å². The van der Waals surface area contributed by atoms with Gasteiger partial charge in [0, 0.05) is 61.7 Å². The minimum atomic E-state index is -0.929. The average Bonchev–Trinajstić information content (AvgIpc) is 2.59. The normalized spacial score (nSPS) is 17.7. The lowest BCUT2D eigenvalue weighted by molar-refractivity contribution is 0.0389. The van der Waals surface area contributed by atoms with Crippen molar-refractivity contribution in [3.63, 3.8) is 0 Å². The Morgan fingerprint density at radius 2 is 1.96 bits per heavy atom. The van der Waals surface area contributed by atoms with Crippen molar-refractivity contribution in [2.24, 2.45) is 4.99 Å². The van der Waals surface area contributed by atoms with Crippen LogP contribution < -0.4 is 10.6 Å². The first-order valence-corrected chi connectivity index (χ1v) is 9.42. The van der Waals surface area contributed by atoms with Crippen LogP contribution >= 0.6 is 0 Å². The minimum absolute atomic E-state index is 0.688. The Morgan fingerprint density at radius 3 is 2.57 bits per heavy atom. The molecule has 0 amide bonds. The number of ether oxygens (including phenoxy) is 1. The van der Waals surface area contributed by atoms with Crippen LogP contribution in [-0.4, -0.2) is 67.8 Å². The zero-order valence-electron chi connectivity index (χ0n) is 13.9. The highest BCUT2D eigenvalue weighted by Gasteiger charge is 2.09. The second kappa shape index (κ2) is 9.64. The number of nitrogens with one attached hydrogen (secondary N) is 2. The highest BCUT2D eigenvalue weighted by atomic mass is 32.2. The lowest BCUT2D eigenvalue weighted by atomic mass is 10.2. The first-order chi connectivity index (χ1) is 11.2. The molecule has 6 nitrogen and oxygen atoms in total. The second-order valence-corrected chi connectivity index (χ2v) is 6.78. The van der Waals surface area contributed by atoms with Crippen molar-refractivity contribution >= 4 is 16.8 Å². The molecule has 7 heteroatoms. The predicted octanol–water partition coefficient (Wildman–Crippen LogP) is 0.421. The van der Waals surface area contributed by atoms with Crippen molar-refractivity contribution in [1.82, 2.24) is 15.5 Å². The first-order valence-electron chi connectivity index (χ1n) is 7.86. The molecule has 23 heavy (non-hydrogen) atoms. The molecule has 2 N–H and O–H groups in total. The predicted molar refractivity (Wildman–Crippen MR) is 94.2 cm³/mol. The molecule has 1 heterocycles. The van der Waals surface area contributed by atoms with E-state index in [1.54, 1.807) is 13.3 Å². The molecular weight excluding hydrogens is 312 g/mol. The number of aliphatic imine (C=N–C) groups is 1. The number of nitrogens with zero attached hydrogens (tertiary/aromatic N) is 2. The Kier molecular flexibility index (Phi) is 7.51. The largest absolute Gasteiger partial charge is 0.379 e. The standard InChI is InChI=1S/C16H26N4O2S/c1-17-16(18-7-8-20-9-11-22-12-10-20)19-13-14-3-5-15(6-4-14)23(2)21/h3-6H,7-13H2,1-2H3,(H2,17,18,19). The highest BCUT2D eigenvalue weighted by molar-refractivity contribution is 7.84. The second-order valence-electron chi connectivity index (χ2n) is 5.40. The maximum absolute atomic E-state index is 11.4. The Balaban J connectivity index is 1.70. The zero-order valence-corrected chi connectivity index (χ0v) is 14.7. The van der Waals surface area contributed by atoms with E-state index in [0.29, 0.717) is 6.54 Å². The molecule has 1 atom stereocenters. The average molecular weight is 338 g/mol. The van der Waals surface area contributed by atoms with Gasteiger partial charge in [-0.05, 0) is 17.7 Å². The quantitative estimate of drug-likeness (QED) is 0.581. The topological polar surface area (TPSA) is 66.0 Å². The molecule has 0 saturated carbocycles. The smallest absolute Gasteiger partial charge is 0.191 e. The van der Waals surface area contributed by atoms with Crippen LogP contribution in [0.15, 0.2) is 34.2 Å². The van der Waals surface area contributed by atoms with Crippen molar-refractivity contribution in [3.8, 4) is 0 Å². The van der Waals surface area contributed by atoms with Gasteiger partial charge in [0.2, 0.25) is 0 Å². The Morgan fingerprint density at radius 1 is 1.26 bits per heavy atom. The lowest BCUT2D eigenvalue weighted by Crippen LogP contribution is -2.44. The summed E-state index contributed by atoms with van der Waals surface area (Å²) in [5.74, 6) is 0.793. The number of benzene rings is 1. The summed E-state index contributed by atoms with van der Waals surface area (Å²) in [6, 6.07) is 7.79. The van der Waals surface area contributed by atoms with Gasteiger partial charge < -0.3 is 15.4 Å². The van der Waals surface area contributed by atoms with Gasteiger partial charge in [0.25, 0.3) is 0 Å². The molecule has 1 aliphatic rings. The summed E-state index contributed by atoms with van der Waals surface area (Å²) in [6.45, 7) is 6.18. The van der Waals surface area contributed by atoms with Gasteiger partial charge >= 0.3 is 0 Å². The van der Waals surface area contributed by atoms with Crippen LogP contribution in [0.3, 0.4) is 0 Å². The van der Waals surface area contributed by atoms with Gasteiger partial charge in [-0.3, -0.25) is 14.1 Å². The first kappa shape index (κ1) is 17.9. The van der Waals surface area contributed by atoms with E-state index < -0.39 is 10.8 Å². The maximum atomic E-state index is 11.4.